The van der Waals surface area contributed by atoms with Gasteiger partial charge >= 0.3 is 6.03 Å². The van der Waals surface area contributed by atoms with E-state index in [0.717, 1.165) is 18.5 Å². The number of rotatable bonds is 2. The van der Waals surface area contributed by atoms with Gasteiger partial charge in [-0.3, -0.25) is 10.00 Å². The van der Waals surface area contributed by atoms with Crippen molar-refractivity contribution in [2.24, 2.45) is 7.05 Å². The maximum Gasteiger partial charge on any atom is 0.320 e. The number of nitrogens with one attached hydrogen (secondary N) is 2. The summed E-state index contributed by atoms with van der Waals surface area (Å²) in [6.45, 7) is 1.94. The van der Waals surface area contributed by atoms with Crippen LogP contribution in [0.1, 0.15) is 18.5 Å². The molecular formula is C9H14N4O. The second kappa shape index (κ2) is 3.32. The third-order valence-electron chi connectivity index (χ3n) is 2.27. The highest BCUT2D eigenvalue weighted by atomic mass is 16.2. The van der Waals surface area contributed by atoms with Crippen LogP contribution in [0.4, 0.5) is 10.6 Å². The highest BCUT2D eigenvalue weighted by Crippen LogP contribution is 2.18. The molecule has 0 bridgehead atoms. The number of aromatic nitrogens is 2. The lowest BCUT2D eigenvalue weighted by molar-refractivity contribution is 0.251. The zero-order valence-electron chi connectivity index (χ0n) is 8.37. The molecule has 5 nitrogen and oxygen atoms in total. The molecule has 14 heavy (non-hydrogen) atoms. The second-order valence-electron chi connectivity index (χ2n) is 3.67. The quantitative estimate of drug-likeness (QED) is 0.738. The molecule has 5 heteroatoms. The fraction of sp³-hybridized carbons (Fsp3) is 0.556. The van der Waals surface area contributed by atoms with Crippen LogP contribution in [0.5, 0.6) is 0 Å². The number of hydrogen-bond donors (Lipinski definition) is 2. The standard InChI is InChI=1S/C9H14N4O/c1-6-5-8(12-13(6)2)11-9(14)10-7-3-4-7/h5,7H,3-4H2,1-2H3,(H2,10,11,12,14). The normalized spacial score (nSPS) is 15.3. The van der Waals surface area contributed by atoms with Crippen molar-refractivity contribution in [3.05, 3.63) is 11.8 Å². The SMILES string of the molecule is Cc1cc(NC(=O)NC2CC2)nn1C. The van der Waals surface area contributed by atoms with Crippen molar-refractivity contribution < 1.29 is 4.79 Å². The van der Waals surface area contributed by atoms with Crippen LogP contribution in [-0.4, -0.2) is 21.9 Å². The largest absolute Gasteiger partial charge is 0.335 e. The minimum atomic E-state index is -0.161. The van der Waals surface area contributed by atoms with E-state index in [9.17, 15) is 4.79 Å². The second-order valence-corrected chi connectivity index (χ2v) is 3.67. The number of carbonyl (C=O) groups excluding carboxylic acids is 1. The third kappa shape index (κ3) is 2.04. The number of hydrogen-bond acceptors (Lipinski definition) is 2. The van der Waals surface area contributed by atoms with Crippen LogP contribution in [-0.2, 0) is 7.05 Å². The molecule has 1 aromatic rings. The van der Waals surface area contributed by atoms with Gasteiger partial charge in [-0.2, -0.15) is 5.10 Å². The molecule has 0 radical (unpaired) electrons. The van der Waals surface area contributed by atoms with Crippen LogP contribution in [0.2, 0.25) is 0 Å². The Kier molecular flexibility index (Phi) is 2.15. The van der Waals surface area contributed by atoms with Gasteiger partial charge in [-0.05, 0) is 19.8 Å². The summed E-state index contributed by atoms with van der Waals surface area (Å²) in [5.74, 6) is 0.600. The number of urea groups is 1. The monoisotopic (exact) mass is 194 g/mol. The van der Waals surface area contributed by atoms with Crippen molar-refractivity contribution in [1.82, 2.24) is 15.1 Å². The first kappa shape index (κ1) is 9.05. The average molecular weight is 194 g/mol. The number of amides is 2. The van der Waals surface area contributed by atoms with E-state index in [0.29, 0.717) is 11.9 Å². The lowest BCUT2D eigenvalue weighted by Gasteiger charge is -2.02. The highest BCUT2D eigenvalue weighted by molar-refractivity contribution is 5.88. The van der Waals surface area contributed by atoms with Gasteiger partial charge in [-0.25, -0.2) is 4.79 Å². The minimum absolute atomic E-state index is 0.161. The Hall–Kier alpha value is -1.52. The molecule has 1 aliphatic carbocycles. The van der Waals surface area contributed by atoms with Crippen molar-refractivity contribution in [2.45, 2.75) is 25.8 Å². The van der Waals surface area contributed by atoms with E-state index in [1.165, 1.54) is 0 Å². The van der Waals surface area contributed by atoms with Crippen molar-refractivity contribution in [3.8, 4) is 0 Å². The fourth-order valence-corrected chi connectivity index (χ4v) is 1.19. The molecule has 0 saturated heterocycles. The Morgan fingerprint density at radius 2 is 2.36 bits per heavy atom. The number of anilines is 1. The molecule has 2 rings (SSSR count). The molecule has 0 spiro atoms. The van der Waals surface area contributed by atoms with Crippen LogP contribution >= 0.6 is 0 Å². The van der Waals surface area contributed by atoms with Crippen LogP contribution in [0.3, 0.4) is 0 Å². The van der Waals surface area contributed by atoms with E-state index in [1.54, 1.807) is 4.68 Å². The van der Waals surface area contributed by atoms with E-state index < -0.39 is 0 Å². The van der Waals surface area contributed by atoms with E-state index in [4.69, 9.17) is 0 Å². The van der Waals surface area contributed by atoms with Gasteiger partial charge < -0.3 is 5.32 Å². The Labute approximate surface area is 82.5 Å². The first-order valence-electron chi connectivity index (χ1n) is 4.73. The zero-order chi connectivity index (χ0) is 10.1. The predicted molar refractivity (Wildman–Crippen MR) is 53.1 cm³/mol. The van der Waals surface area contributed by atoms with E-state index in [1.807, 2.05) is 20.0 Å². The van der Waals surface area contributed by atoms with Crippen LogP contribution in [0.25, 0.3) is 0 Å². The Morgan fingerprint density at radius 3 is 2.86 bits per heavy atom. The summed E-state index contributed by atoms with van der Waals surface area (Å²) in [5, 5.41) is 9.65. The molecule has 1 saturated carbocycles. The molecule has 0 unspecified atom stereocenters. The third-order valence-corrected chi connectivity index (χ3v) is 2.27. The minimum Gasteiger partial charge on any atom is -0.335 e. The van der Waals surface area contributed by atoms with E-state index in [-0.39, 0.29) is 6.03 Å². The molecule has 76 valence electrons. The number of aryl methyl sites for hydroxylation is 2. The first-order chi connectivity index (χ1) is 6.65. The number of nitrogens with zero attached hydrogens (tertiary/aromatic N) is 2. The van der Waals surface area contributed by atoms with Crippen molar-refractivity contribution in [2.75, 3.05) is 5.32 Å². The topological polar surface area (TPSA) is 59.0 Å². The summed E-state index contributed by atoms with van der Waals surface area (Å²) in [5.41, 5.74) is 1.02. The van der Waals surface area contributed by atoms with Crippen molar-refractivity contribution in [1.29, 1.82) is 0 Å². The molecule has 2 N–H and O–H groups in total. The molecule has 1 heterocycles. The van der Waals surface area contributed by atoms with E-state index in [2.05, 4.69) is 15.7 Å². The molecule has 0 aliphatic heterocycles. The van der Waals surface area contributed by atoms with Gasteiger partial charge in [0.1, 0.15) is 0 Å². The summed E-state index contributed by atoms with van der Waals surface area (Å²) in [6.07, 6.45) is 2.18. The molecule has 1 fully saturated rings. The first-order valence-corrected chi connectivity index (χ1v) is 4.73. The summed E-state index contributed by atoms with van der Waals surface area (Å²) < 4.78 is 1.73. The predicted octanol–water partition coefficient (Wildman–Crippen LogP) is 1.01. The summed E-state index contributed by atoms with van der Waals surface area (Å²) >= 11 is 0. The van der Waals surface area contributed by atoms with Crippen LogP contribution in [0.15, 0.2) is 6.07 Å². The Balaban J connectivity index is 1.92. The van der Waals surface area contributed by atoms with Gasteiger partial charge in [0.2, 0.25) is 0 Å². The lowest BCUT2D eigenvalue weighted by Crippen LogP contribution is -2.30. The van der Waals surface area contributed by atoms with Gasteiger partial charge in [-0.15, -0.1) is 0 Å². The summed E-state index contributed by atoms with van der Waals surface area (Å²) in [7, 11) is 1.85. The summed E-state index contributed by atoms with van der Waals surface area (Å²) in [6, 6.07) is 2.05. The van der Waals surface area contributed by atoms with Gasteiger partial charge in [0.25, 0.3) is 0 Å². The van der Waals surface area contributed by atoms with Crippen molar-refractivity contribution in [3.63, 3.8) is 0 Å². The average Bonchev–Trinajstić information content (AvgIpc) is 2.82. The van der Waals surface area contributed by atoms with Gasteiger partial charge in [0.05, 0.1) is 0 Å². The smallest absolute Gasteiger partial charge is 0.320 e. The Morgan fingerprint density at radius 1 is 1.64 bits per heavy atom. The molecule has 0 atom stereocenters. The highest BCUT2D eigenvalue weighted by Gasteiger charge is 2.23. The molecule has 1 aliphatic rings. The molecule has 2 amide bonds. The van der Waals surface area contributed by atoms with Gasteiger partial charge in [-0.1, -0.05) is 0 Å². The Bertz CT molecular complexity index is 334. The zero-order valence-corrected chi connectivity index (χ0v) is 8.37. The maximum atomic E-state index is 11.3. The van der Waals surface area contributed by atoms with Gasteiger partial charge in [0.15, 0.2) is 5.82 Å². The van der Waals surface area contributed by atoms with E-state index >= 15 is 0 Å². The van der Waals surface area contributed by atoms with Crippen molar-refractivity contribution >= 4 is 11.8 Å². The summed E-state index contributed by atoms with van der Waals surface area (Å²) in [4.78, 5) is 11.3. The molecule has 0 aromatic carbocycles. The molecular weight excluding hydrogens is 180 g/mol. The van der Waals surface area contributed by atoms with Gasteiger partial charge in [0, 0.05) is 24.8 Å². The fourth-order valence-electron chi connectivity index (χ4n) is 1.19. The lowest BCUT2D eigenvalue weighted by atomic mass is 10.5. The molecule has 1 aromatic heterocycles. The van der Waals surface area contributed by atoms with Crippen LogP contribution in [0, 0.1) is 6.92 Å². The number of carbonyl (C=O) groups is 1. The van der Waals surface area contributed by atoms with Crippen LogP contribution < -0.4 is 10.6 Å². The maximum absolute atomic E-state index is 11.3.